The van der Waals surface area contributed by atoms with Crippen LogP contribution in [0.25, 0.3) is 0 Å². The molecule has 8 heteroatoms. The summed E-state index contributed by atoms with van der Waals surface area (Å²) in [4.78, 5) is 15.2. The predicted octanol–water partition coefficient (Wildman–Crippen LogP) is 0.962. The third-order valence-electron chi connectivity index (χ3n) is 2.26. The minimum atomic E-state index is -4.04. The lowest BCUT2D eigenvalue weighted by Crippen LogP contribution is -2.42. The van der Waals surface area contributed by atoms with Crippen LogP contribution in [0.5, 0.6) is 0 Å². The Labute approximate surface area is 124 Å². The summed E-state index contributed by atoms with van der Waals surface area (Å²) in [5.74, 6) is -0.700. The lowest BCUT2D eigenvalue weighted by atomic mass is 10.2. The molecular formula is C13H17N3O4S. The van der Waals surface area contributed by atoms with Crippen molar-refractivity contribution < 1.29 is 17.9 Å². The van der Waals surface area contributed by atoms with E-state index in [0.717, 1.165) is 0 Å². The number of sulfonamides is 1. The summed E-state index contributed by atoms with van der Waals surface area (Å²) in [6, 6.07) is 3.26. The third-order valence-corrected chi connectivity index (χ3v) is 3.83. The highest BCUT2D eigenvalue weighted by Crippen LogP contribution is 2.14. The van der Waals surface area contributed by atoms with Crippen molar-refractivity contribution >= 4 is 16.0 Å². The van der Waals surface area contributed by atoms with E-state index in [1.54, 1.807) is 26.8 Å². The Morgan fingerprint density at radius 2 is 2.10 bits per heavy atom. The Morgan fingerprint density at radius 3 is 2.62 bits per heavy atom. The number of nitrogens with one attached hydrogen (secondary N) is 1. The van der Waals surface area contributed by atoms with Crippen molar-refractivity contribution in [3.05, 3.63) is 24.0 Å². The Kier molecular flexibility index (Phi) is 5.04. The van der Waals surface area contributed by atoms with Crippen LogP contribution >= 0.6 is 0 Å². The molecule has 0 saturated carbocycles. The fraction of sp³-hybridized carbons (Fsp3) is 0.462. The van der Waals surface area contributed by atoms with Gasteiger partial charge in [0.25, 0.3) is 0 Å². The summed E-state index contributed by atoms with van der Waals surface area (Å²) in [5.41, 5.74) is -0.954. The molecule has 0 aliphatic heterocycles. The maximum Gasteiger partial charge on any atom is 0.324 e. The van der Waals surface area contributed by atoms with Gasteiger partial charge in [0.1, 0.15) is 22.6 Å². The Hall–Kier alpha value is -1.98. The lowest BCUT2D eigenvalue weighted by molar-refractivity contribution is -0.156. The van der Waals surface area contributed by atoms with Crippen LogP contribution < -0.4 is 4.72 Å². The number of carbonyl (C=O) groups excluding carboxylic acids is 1. The van der Waals surface area contributed by atoms with Crippen molar-refractivity contribution in [2.45, 2.75) is 44.2 Å². The minimum Gasteiger partial charge on any atom is -0.459 e. The fourth-order valence-corrected chi connectivity index (χ4v) is 2.73. The van der Waals surface area contributed by atoms with E-state index in [4.69, 9.17) is 10.00 Å². The average molecular weight is 311 g/mol. The highest BCUT2D eigenvalue weighted by Gasteiger charge is 2.28. The van der Waals surface area contributed by atoms with Gasteiger partial charge in [0.2, 0.25) is 10.0 Å². The number of rotatable bonds is 4. The maximum atomic E-state index is 12.2. The second-order valence-corrected chi connectivity index (χ2v) is 7.02. The number of nitriles is 1. The molecule has 0 bridgehead atoms. The van der Waals surface area contributed by atoms with Crippen LogP contribution in [0, 0.1) is 11.3 Å². The summed E-state index contributed by atoms with van der Waals surface area (Å²) in [7, 11) is -4.04. The number of hydrogen-bond acceptors (Lipinski definition) is 6. The van der Waals surface area contributed by atoms with Gasteiger partial charge < -0.3 is 4.74 Å². The van der Waals surface area contributed by atoms with Crippen LogP contribution in [-0.2, 0) is 19.6 Å². The zero-order valence-corrected chi connectivity index (χ0v) is 13.1. The van der Waals surface area contributed by atoms with E-state index in [1.165, 1.54) is 25.3 Å². The number of aromatic nitrogens is 1. The van der Waals surface area contributed by atoms with Crippen LogP contribution in [-0.4, -0.2) is 31.0 Å². The average Bonchev–Trinajstić information content (AvgIpc) is 2.36. The van der Waals surface area contributed by atoms with Crippen molar-refractivity contribution in [3.63, 3.8) is 0 Å². The van der Waals surface area contributed by atoms with Gasteiger partial charge in [-0.05, 0) is 39.8 Å². The zero-order valence-electron chi connectivity index (χ0n) is 12.2. The monoisotopic (exact) mass is 311 g/mol. The fourth-order valence-electron chi connectivity index (χ4n) is 1.43. The highest BCUT2D eigenvalue weighted by molar-refractivity contribution is 7.89. The molecule has 1 rings (SSSR count). The first-order valence-electron chi connectivity index (χ1n) is 6.17. The second kappa shape index (κ2) is 6.20. The second-order valence-electron chi connectivity index (χ2n) is 5.34. The Balaban J connectivity index is 2.96. The molecule has 0 amide bonds. The molecule has 0 spiro atoms. The van der Waals surface area contributed by atoms with Gasteiger partial charge >= 0.3 is 5.97 Å². The first-order valence-corrected chi connectivity index (χ1v) is 7.65. The van der Waals surface area contributed by atoms with Gasteiger partial charge in [0, 0.05) is 6.20 Å². The Bertz CT molecular complexity index is 671. The van der Waals surface area contributed by atoms with E-state index in [-0.39, 0.29) is 10.6 Å². The molecule has 0 aliphatic rings. The number of pyridine rings is 1. The van der Waals surface area contributed by atoms with E-state index >= 15 is 0 Å². The molecule has 0 unspecified atom stereocenters. The van der Waals surface area contributed by atoms with Crippen LogP contribution in [0.3, 0.4) is 0 Å². The van der Waals surface area contributed by atoms with Crippen molar-refractivity contribution in [1.29, 1.82) is 5.26 Å². The van der Waals surface area contributed by atoms with Gasteiger partial charge in [-0.25, -0.2) is 13.4 Å². The molecule has 0 radical (unpaired) electrons. The number of carbonyl (C=O) groups is 1. The normalized spacial score (nSPS) is 13.3. The molecule has 1 aromatic rings. The van der Waals surface area contributed by atoms with Gasteiger partial charge in [-0.3, -0.25) is 4.79 Å². The largest absolute Gasteiger partial charge is 0.459 e. The SMILES string of the molecule is C[C@@H](NS(=O)(=O)c1cccnc1C#N)C(=O)OC(C)(C)C. The lowest BCUT2D eigenvalue weighted by Gasteiger charge is -2.22. The van der Waals surface area contributed by atoms with E-state index in [9.17, 15) is 13.2 Å². The molecule has 0 aliphatic carbocycles. The quantitative estimate of drug-likeness (QED) is 0.829. The van der Waals surface area contributed by atoms with Crippen molar-refractivity contribution in [2.75, 3.05) is 0 Å². The van der Waals surface area contributed by atoms with Crippen LogP contribution in [0.2, 0.25) is 0 Å². The van der Waals surface area contributed by atoms with Crippen LogP contribution in [0.4, 0.5) is 0 Å². The molecule has 7 nitrogen and oxygen atoms in total. The van der Waals surface area contributed by atoms with Gasteiger partial charge in [-0.1, -0.05) is 0 Å². The first-order chi connectivity index (χ1) is 9.57. The maximum absolute atomic E-state index is 12.2. The number of hydrogen-bond donors (Lipinski definition) is 1. The van der Waals surface area contributed by atoms with Crippen molar-refractivity contribution in [1.82, 2.24) is 9.71 Å². The summed E-state index contributed by atoms with van der Waals surface area (Å²) in [5, 5.41) is 8.88. The number of nitrogens with zero attached hydrogens (tertiary/aromatic N) is 2. The molecule has 1 heterocycles. The molecule has 0 saturated heterocycles. The van der Waals surface area contributed by atoms with Crippen molar-refractivity contribution in [2.24, 2.45) is 0 Å². The molecule has 1 atom stereocenters. The molecule has 1 N–H and O–H groups in total. The van der Waals surface area contributed by atoms with Gasteiger partial charge in [0.15, 0.2) is 5.69 Å². The van der Waals surface area contributed by atoms with E-state index in [2.05, 4.69) is 9.71 Å². The molecule has 0 aromatic carbocycles. The topological polar surface area (TPSA) is 109 Å². The standard InChI is InChI=1S/C13H17N3O4S/c1-9(12(17)20-13(2,3)4)16-21(18,19)11-6-5-7-15-10(11)8-14/h5-7,9,16H,1-4H3/t9-/m1/s1. The summed E-state index contributed by atoms with van der Waals surface area (Å²) in [6.45, 7) is 6.41. The zero-order chi connectivity index (χ0) is 16.3. The van der Waals surface area contributed by atoms with Gasteiger partial charge in [-0.15, -0.1) is 0 Å². The molecule has 21 heavy (non-hydrogen) atoms. The Morgan fingerprint density at radius 1 is 1.48 bits per heavy atom. The minimum absolute atomic E-state index is 0.235. The first kappa shape index (κ1) is 17.1. The van der Waals surface area contributed by atoms with E-state index in [1.807, 2.05) is 0 Å². The smallest absolute Gasteiger partial charge is 0.324 e. The van der Waals surface area contributed by atoms with E-state index in [0.29, 0.717) is 0 Å². The van der Waals surface area contributed by atoms with Gasteiger partial charge in [-0.2, -0.15) is 9.98 Å². The highest BCUT2D eigenvalue weighted by atomic mass is 32.2. The molecular weight excluding hydrogens is 294 g/mol. The summed E-state index contributed by atoms with van der Waals surface area (Å²) in [6.07, 6.45) is 1.31. The summed E-state index contributed by atoms with van der Waals surface area (Å²) < 4.78 is 31.6. The number of ether oxygens (including phenoxy) is 1. The summed E-state index contributed by atoms with van der Waals surface area (Å²) >= 11 is 0. The molecule has 1 aromatic heterocycles. The van der Waals surface area contributed by atoms with E-state index < -0.39 is 27.6 Å². The predicted molar refractivity (Wildman–Crippen MR) is 74.6 cm³/mol. The van der Waals surface area contributed by atoms with Crippen LogP contribution in [0.1, 0.15) is 33.4 Å². The third kappa shape index (κ3) is 4.81. The van der Waals surface area contributed by atoms with Crippen molar-refractivity contribution in [3.8, 4) is 6.07 Å². The molecule has 114 valence electrons. The molecule has 0 fully saturated rings. The van der Waals surface area contributed by atoms with Gasteiger partial charge in [0.05, 0.1) is 0 Å². The number of esters is 1. The van der Waals surface area contributed by atoms with Crippen LogP contribution in [0.15, 0.2) is 23.2 Å².